The predicted molar refractivity (Wildman–Crippen MR) is 92.3 cm³/mol. The number of anilines is 1. The van der Waals surface area contributed by atoms with E-state index in [9.17, 15) is 4.79 Å². The van der Waals surface area contributed by atoms with E-state index < -0.39 is 42.3 Å². The predicted octanol–water partition coefficient (Wildman–Crippen LogP) is 2.33. The Labute approximate surface area is 152 Å². The Morgan fingerprint density at radius 3 is 2.27 bits per heavy atom. The van der Waals surface area contributed by atoms with E-state index in [2.05, 4.69) is 5.32 Å². The molecule has 4 rings (SSSR count). The number of amides is 1. The zero-order valence-electron chi connectivity index (χ0n) is 15.6. The van der Waals surface area contributed by atoms with Crippen LogP contribution in [0, 0.1) is 6.92 Å². The highest BCUT2D eigenvalue weighted by Crippen LogP contribution is 2.44. The average molecular weight is 363 g/mol. The maximum absolute atomic E-state index is 13.0. The van der Waals surface area contributed by atoms with Crippen LogP contribution in [0.5, 0.6) is 0 Å². The van der Waals surface area contributed by atoms with Gasteiger partial charge in [-0.15, -0.1) is 0 Å². The normalized spacial score (nSPS) is 37.0. The van der Waals surface area contributed by atoms with Gasteiger partial charge in [0.2, 0.25) is 0 Å². The van der Waals surface area contributed by atoms with Gasteiger partial charge in [0.05, 0.1) is 0 Å². The lowest BCUT2D eigenvalue weighted by molar-refractivity contribution is -0.229. The zero-order valence-corrected chi connectivity index (χ0v) is 15.6. The smallest absolute Gasteiger partial charge is 0.256 e. The maximum Gasteiger partial charge on any atom is 0.256 e. The van der Waals surface area contributed by atoms with Crippen molar-refractivity contribution in [1.29, 1.82) is 0 Å². The Kier molecular flexibility index (Phi) is 4.13. The number of hydrogen-bond donors (Lipinski definition) is 1. The minimum absolute atomic E-state index is 0.289. The summed E-state index contributed by atoms with van der Waals surface area (Å²) in [5.41, 5.74) is 1.71. The number of carbonyl (C=O) groups excluding carboxylic acids is 1. The van der Waals surface area contributed by atoms with Gasteiger partial charge in [0.15, 0.2) is 24.0 Å². The van der Waals surface area contributed by atoms with Crippen LogP contribution in [0.2, 0.25) is 0 Å². The molecule has 3 saturated heterocycles. The number of rotatable bonds is 2. The summed E-state index contributed by atoms with van der Waals surface area (Å²) in [6.07, 6.45) is -3.01. The van der Waals surface area contributed by atoms with Crippen LogP contribution < -0.4 is 5.32 Å². The summed E-state index contributed by atoms with van der Waals surface area (Å²) in [6, 6.07) is 7.58. The highest BCUT2D eigenvalue weighted by molar-refractivity contribution is 5.95. The quantitative estimate of drug-likeness (QED) is 0.869. The van der Waals surface area contributed by atoms with Crippen molar-refractivity contribution in [3.63, 3.8) is 0 Å². The lowest BCUT2D eigenvalue weighted by Crippen LogP contribution is -2.58. The molecule has 1 amide bonds. The Balaban J connectivity index is 1.59. The van der Waals surface area contributed by atoms with E-state index in [0.29, 0.717) is 0 Å². The van der Waals surface area contributed by atoms with Crippen molar-refractivity contribution in [3.8, 4) is 0 Å². The van der Waals surface area contributed by atoms with Gasteiger partial charge >= 0.3 is 0 Å². The summed E-state index contributed by atoms with van der Waals surface area (Å²) in [5.74, 6) is -1.93. The van der Waals surface area contributed by atoms with E-state index in [1.807, 2.05) is 58.9 Å². The molecule has 0 bridgehead atoms. The topological polar surface area (TPSA) is 75.3 Å². The van der Waals surface area contributed by atoms with E-state index in [-0.39, 0.29) is 5.91 Å². The van der Waals surface area contributed by atoms with Crippen LogP contribution in [0.1, 0.15) is 33.3 Å². The fraction of sp³-hybridized carbons (Fsp3) is 0.632. The number of para-hydroxylation sites is 1. The second kappa shape index (κ2) is 6.00. The third-order valence-corrected chi connectivity index (χ3v) is 4.82. The van der Waals surface area contributed by atoms with Gasteiger partial charge in [-0.25, -0.2) is 0 Å². The molecule has 0 saturated carbocycles. The first-order valence-corrected chi connectivity index (χ1v) is 8.88. The molecule has 5 atom stereocenters. The summed E-state index contributed by atoms with van der Waals surface area (Å²) in [7, 11) is 0. The zero-order chi connectivity index (χ0) is 18.7. The molecule has 1 N–H and O–H groups in total. The van der Waals surface area contributed by atoms with Crippen molar-refractivity contribution in [2.45, 2.75) is 76.9 Å². The van der Waals surface area contributed by atoms with Crippen molar-refractivity contribution in [2.24, 2.45) is 0 Å². The molecule has 3 aliphatic rings. The lowest BCUT2D eigenvalue weighted by Gasteiger charge is -2.36. The molecule has 1 aromatic rings. The molecule has 0 aromatic heterocycles. The van der Waals surface area contributed by atoms with Crippen LogP contribution in [-0.2, 0) is 28.5 Å². The number of benzene rings is 1. The first-order valence-electron chi connectivity index (χ1n) is 8.88. The standard InChI is InChI=1S/C19H25NO6/c1-10-8-6-7-9-11(10)20-16(21)14-12-13(24-18(2,3)23-12)15-17(22-14)26-19(4,5)25-15/h6-9,12-15,17H,1-5H3,(H,20,21)/t12-,13-,14-,15+,17-/m0/s1. The molecule has 142 valence electrons. The molecule has 0 aliphatic carbocycles. The lowest BCUT2D eigenvalue weighted by atomic mass is 9.98. The summed E-state index contributed by atoms with van der Waals surface area (Å²) in [5, 5.41) is 2.92. The number of ether oxygens (including phenoxy) is 5. The van der Waals surface area contributed by atoms with Crippen molar-refractivity contribution in [2.75, 3.05) is 5.32 Å². The number of carbonyl (C=O) groups is 1. The molecule has 1 aromatic carbocycles. The number of hydrogen-bond acceptors (Lipinski definition) is 6. The Morgan fingerprint density at radius 1 is 0.923 bits per heavy atom. The highest BCUT2D eigenvalue weighted by atomic mass is 16.9. The second-order valence-corrected chi connectivity index (χ2v) is 7.89. The highest BCUT2D eigenvalue weighted by Gasteiger charge is 2.62. The van der Waals surface area contributed by atoms with Gasteiger partial charge in [-0.3, -0.25) is 4.79 Å². The van der Waals surface area contributed by atoms with Gasteiger partial charge < -0.3 is 29.0 Å². The fourth-order valence-electron chi connectivity index (χ4n) is 3.74. The molecule has 0 radical (unpaired) electrons. The van der Waals surface area contributed by atoms with Crippen LogP contribution in [0.3, 0.4) is 0 Å². The molecule has 7 heteroatoms. The Hall–Kier alpha value is -1.51. The third kappa shape index (κ3) is 3.14. The first-order chi connectivity index (χ1) is 12.2. The number of fused-ring (bicyclic) bond motifs is 3. The monoisotopic (exact) mass is 363 g/mol. The fourth-order valence-corrected chi connectivity index (χ4v) is 3.74. The second-order valence-electron chi connectivity index (χ2n) is 7.89. The molecular weight excluding hydrogens is 338 g/mol. The first kappa shape index (κ1) is 17.9. The molecule has 7 nitrogen and oxygen atoms in total. The summed E-state index contributed by atoms with van der Waals surface area (Å²) in [6.45, 7) is 9.19. The van der Waals surface area contributed by atoms with Crippen molar-refractivity contribution < 1.29 is 28.5 Å². The van der Waals surface area contributed by atoms with Gasteiger partial charge in [-0.2, -0.15) is 0 Å². The van der Waals surface area contributed by atoms with Crippen LogP contribution in [-0.4, -0.2) is 48.2 Å². The molecular formula is C19H25NO6. The summed E-state index contributed by atoms with van der Waals surface area (Å²) < 4.78 is 29.7. The Bertz CT molecular complexity index is 718. The van der Waals surface area contributed by atoms with Crippen LogP contribution in [0.25, 0.3) is 0 Å². The molecule has 0 spiro atoms. The number of nitrogens with one attached hydrogen (secondary N) is 1. The van der Waals surface area contributed by atoms with E-state index in [4.69, 9.17) is 23.7 Å². The van der Waals surface area contributed by atoms with E-state index in [1.54, 1.807) is 0 Å². The van der Waals surface area contributed by atoms with Crippen LogP contribution >= 0.6 is 0 Å². The molecule has 26 heavy (non-hydrogen) atoms. The van der Waals surface area contributed by atoms with Gasteiger partial charge in [-0.05, 0) is 46.2 Å². The minimum Gasteiger partial charge on any atom is -0.342 e. The van der Waals surface area contributed by atoms with Crippen LogP contribution in [0.15, 0.2) is 24.3 Å². The Morgan fingerprint density at radius 2 is 1.54 bits per heavy atom. The largest absolute Gasteiger partial charge is 0.342 e. The van der Waals surface area contributed by atoms with Crippen molar-refractivity contribution in [3.05, 3.63) is 29.8 Å². The molecule has 0 unspecified atom stereocenters. The van der Waals surface area contributed by atoms with Gasteiger partial charge in [0.25, 0.3) is 5.91 Å². The SMILES string of the molecule is Cc1ccccc1NC(=O)[C@H]1O[C@H]2OC(C)(C)O[C@@H]2[C@H]2OC(C)(C)O[C@@H]21. The molecule has 3 fully saturated rings. The van der Waals surface area contributed by atoms with Crippen LogP contribution in [0.4, 0.5) is 5.69 Å². The van der Waals surface area contributed by atoms with Crippen molar-refractivity contribution in [1.82, 2.24) is 0 Å². The molecule has 3 aliphatic heterocycles. The molecule has 3 heterocycles. The van der Waals surface area contributed by atoms with E-state index in [1.165, 1.54) is 0 Å². The third-order valence-electron chi connectivity index (χ3n) is 4.82. The number of aryl methyl sites for hydroxylation is 1. The maximum atomic E-state index is 13.0. The average Bonchev–Trinajstić information content (AvgIpc) is 3.02. The minimum atomic E-state index is -0.861. The summed E-state index contributed by atoms with van der Waals surface area (Å²) >= 11 is 0. The van der Waals surface area contributed by atoms with Gasteiger partial charge in [0.1, 0.15) is 18.3 Å². The van der Waals surface area contributed by atoms with Crippen molar-refractivity contribution >= 4 is 11.6 Å². The van der Waals surface area contributed by atoms with E-state index >= 15 is 0 Å². The van der Waals surface area contributed by atoms with Gasteiger partial charge in [-0.1, -0.05) is 18.2 Å². The summed E-state index contributed by atoms with van der Waals surface area (Å²) in [4.78, 5) is 13.0. The van der Waals surface area contributed by atoms with E-state index in [0.717, 1.165) is 11.3 Å². The van der Waals surface area contributed by atoms with Gasteiger partial charge in [0, 0.05) is 5.69 Å².